The van der Waals surface area contributed by atoms with Crippen molar-refractivity contribution in [2.45, 2.75) is 62.7 Å². The minimum absolute atomic E-state index is 0.136. The van der Waals surface area contributed by atoms with Gasteiger partial charge in [-0.15, -0.1) is 11.8 Å². The Labute approximate surface area is 340 Å². The summed E-state index contributed by atoms with van der Waals surface area (Å²) in [5.41, 5.74) is -0.759. The van der Waals surface area contributed by atoms with Gasteiger partial charge < -0.3 is 28.7 Å². The van der Waals surface area contributed by atoms with E-state index in [0.29, 0.717) is 42.4 Å². The van der Waals surface area contributed by atoms with Crippen molar-refractivity contribution in [3.8, 4) is 29.1 Å². The highest BCUT2D eigenvalue weighted by atomic mass is 32.2. The molecule has 4 aromatic rings. The lowest BCUT2D eigenvalue weighted by molar-refractivity contribution is -0.173. The van der Waals surface area contributed by atoms with Gasteiger partial charge >= 0.3 is 17.8 Å². The standard InChI is InChI=1S/C42H48F3N3O8SSi/c1-41(2,3)58(32-15-9-7-10-16-32,33-17-11-8-12-18-33)56-25-29-20-30(48-24-28(38(49)47-40(48)51)14-13-19-46-39(50)42(43,44)45)21-35(29)55-27-57-26-34-36(53-5)22-31(52-4)23-37(34)54-6/h7-12,15-18,22-24,29-30,35H,19-21,25-27H2,1-6H3,(H,46,50)(H,47,49,51)/t29-,30-,35?/m1/s1. The molecule has 1 saturated carbocycles. The molecule has 0 spiro atoms. The zero-order valence-corrected chi connectivity index (χ0v) is 35.1. The number of rotatable bonds is 15. The van der Waals surface area contributed by atoms with E-state index in [0.717, 1.165) is 15.9 Å². The van der Waals surface area contributed by atoms with Crippen LogP contribution in [0.2, 0.25) is 5.04 Å². The van der Waals surface area contributed by atoms with E-state index < -0.39 is 44.2 Å². The Balaban J connectivity index is 1.44. The molecule has 2 N–H and O–H groups in total. The molecule has 11 nitrogen and oxygen atoms in total. The maximum Gasteiger partial charge on any atom is 0.471 e. The zero-order valence-electron chi connectivity index (χ0n) is 33.2. The smallest absolute Gasteiger partial charge is 0.471 e. The molecular formula is C42H48F3N3O8SSi. The number of halogens is 3. The molecule has 1 amide bonds. The summed E-state index contributed by atoms with van der Waals surface area (Å²) in [6.45, 7) is 6.24. The van der Waals surface area contributed by atoms with E-state index in [9.17, 15) is 27.6 Å². The monoisotopic (exact) mass is 839 g/mol. The summed E-state index contributed by atoms with van der Waals surface area (Å²) in [4.78, 5) is 39.5. The molecule has 1 aliphatic carbocycles. The van der Waals surface area contributed by atoms with Crippen LogP contribution in [0, 0.1) is 17.8 Å². The van der Waals surface area contributed by atoms with Crippen molar-refractivity contribution in [3.63, 3.8) is 0 Å². The Morgan fingerprint density at radius 1 is 0.931 bits per heavy atom. The summed E-state index contributed by atoms with van der Waals surface area (Å²) in [5, 5.41) is 3.59. The third-order valence-corrected chi connectivity index (χ3v) is 15.9. The van der Waals surface area contributed by atoms with Crippen molar-refractivity contribution in [2.75, 3.05) is 40.4 Å². The second-order valence-electron chi connectivity index (χ2n) is 14.7. The molecule has 16 heteroatoms. The van der Waals surface area contributed by atoms with Gasteiger partial charge in [0.15, 0.2) is 0 Å². The number of amides is 1. The molecule has 3 aromatic carbocycles. The van der Waals surface area contributed by atoms with E-state index in [2.05, 4.69) is 61.9 Å². The molecule has 5 rings (SSSR count). The molecule has 58 heavy (non-hydrogen) atoms. The Hall–Kier alpha value is -4.95. The molecular weight excluding hydrogens is 792 g/mol. The first-order valence-electron chi connectivity index (χ1n) is 18.6. The van der Waals surface area contributed by atoms with Gasteiger partial charge in [-0.2, -0.15) is 13.2 Å². The van der Waals surface area contributed by atoms with E-state index in [1.54, 1.807) is 38.8 Å². The van der Waals surface area contributed by atoms with Gasteiger partial charge in [-0.3, -0.25) is 19.1 Å². The second kappa shape index (κ2) is 19.2. The highest BCUT2D eigenvalue weighted by Crippen LogP contribution is 2.42. The van der Waals surface area contributed by atoms with Crippen LogP contribution in [0.25, 0.3) is 0 Å². The fourth-order valence-corrected chi connectivity index (χ4v) is 12.8. The third kappa shape index (κ3) is 10.2. The molecule has 1 aromatic heterocycles. The summed E-state index contributed by atoms with van der Waals surface area (Å²) in [7, 11) is 1.77. The van der Waals surface area contributed by atoms with Crippen molar-refractivity contribution in [2.24, 2.45) is 5.92 Å². The number of aromatic nitrogens is 2. The molecule has 0 saturated heterocycles. The van der Waals surface area contributed by atoms with Crippen molar-refractivity contribution >= 4 is 36.4 Å². The van der Waals surface area contributed by atoms with E-state index in [4.69, 9.17) is 23.4 Å². The number of methoxy groups -OCH3 is 3. The largest absolute Gasteiger partial charge is 0.496 e. The van der Waals surface area contributed by atoms with E-state index in [1.807, 2.05) is 36.4 Å². The summed E-state index contributed by atoms with van der Waals surface area (Å²) >= 11 is 1.52. The van der Waals surface area contributed by atoms with Crippen LogP contribution in [-0.2, 0) is 19.7 Å². The Bertz CT molecular complexity index is 2140. The van der Waals surface area contributed by atoms with Crippen LogP contribution in [0.5, 0.6) is 17.2 Å². The third-order valence-electron chi connectivity index (χ3n) is 10.1. The van der Waals surface area contributed by atoms with Gasteiger partial charge in [0.1, 0.15) is 22.8 Å². The summed E-state index contributed by atoms with van der Waals surface area (Å²) in [6.07, 6.45) is -3.29. The first-order chi connectivity index (χ1) is 27.6. The van der Waals surface area contributed by atoms with Crippen LogP contribution in [0.15, 0.2) is 88.6 Å². The molecule has 310 valence electrons. The molecule has 0 bridgehead atoms. The zero-order chi connectivity index (χ0) is 42.1. The lowest BCUT2D eigenvalue weighted by atomic mass is 10.1. The SMILES string of the molecule is COc1cc(OC)c(CSCOC2C[C@H](n3cc(C#CCNC(=O)C(F)(F)F)c(=O)[nH]c3=O)C[C@@H]2CO[Si](c2ccccc2)(c2ccccc2)C(C)(C)C)c(OC)c1. The number of carbonyl (C=O) groups excluding carboxylic acids is 1. The van der Waals surface area contributed by atoms with E-state index >= 15 is 0 Å². The Kier molecular flexibility index (Phi) is 14.6. The van der Waals surface area contributed by atoms with Crippen molar-refractivity contribution in [1.29, 1.82) is 0 Å². The van der Waals surface area contributed by atoms with Crippen LogP contribution in [0.4, 0.5) is 13.2 Å². The maximum absolute atomic E-state index is 13.3. The number of nitrogens with one attached hydrogen (secondary N) is 2. The maximum atomic E-state index is 13.3. The van der Waals surface area contributed by atoms with Crippen molar-refractivity contribution in [1.82, 2.24) is 14.9 Å². The highest BCUT2D eigenvalue weighted by Gasteiger charge is 2.51. The number of alkyl halides is 3. The van der Waals surface area contributed by atoms with Gasteiger partial charge in [0.2, 0.25) is 0 Å². The molecule has 1 heterocycles. The van der Waals surface area contributed by atoms with Crippen LogP contribution in [-0.4, -0.2) is 76.5 Å². The minimum Gasteiger partial charge on any atom is -0.496 e. The number of ether oxygens (including phenoxy) is 4. The predicted octanol–water partition coefficient (Wildman–Crippen LogP) is 5.40. The summed E-state index contributed by atoms with van der Waals surface area (Å²) in [6, 6.07) is 23.6. The average molecular weight is 840 g/mol. The molecule has 3 atom stereocenters. The number of carbonyl (C=O) groups is 1. The lowest BCUT2D eigenvalue weighted by Gasteiger charge is -2.43. The number of hydrogen-bond donors (Lipinski definition) is 2. The first-order valence-corrected chi connectivity index (χ1v) is 21.6. The van der Waals surface area contributed by atoms with Gasteiger partial charge in [0, 0.05) is 48.2 Å². The second-order valence-corrected chi connectivity index (χ2v) is 20.0. The molecule has 1 fully saturated rings. The van der Waals surface area contributed by atoms with Crippen LogP contribution in [0.3, 0.4) is 0 Å². The predicted molar refractivity (Wildman–Crippen MR) is 220 cm³/mol. The van der Waals surface area contributed by atoms with Crippen LogP contribution < -0.4 is 41.1 Å². The minimum atomic E-state index is -5.07. The fourth-order valence-electron chi connectivity index (χ4n) is 7.37. The number of benzene rings is 3. The van der Waals surface area contributed by atoms with Gasteiger partial charge in [0.05, 0.1) is 39.9 Å². The van der Waals surface area contributed by atoms with Gasteiger partial charge in [-0.1, -0.05) is 93.3 Å². The molecule has 1 unspecified atom stereocenters. The first kappa shape index (κ1) is 44.2. The number of nitrogens with zero attached hydrogens (tertiary/aromatic N) is 1. The van der Waals surface area contributed by atoms with Crippen molar-refractivity contribution in [3.05, 3.63) is 111 Å². The van der Waals surface area contributed by atoms with Crippen LogP contribution >= 0.6 is 11.8 Å². The van der Waals surface area contributed by atoms with Gasteiger partial charge in [-0.25, -0.2) is 4.79 Å². The summed E-state index contributed by atoms with van der Waals surface area (Å²) < 4.78 is 69.9. The average Bonchev–Trinajstić information content (AvgIpc) is 3.60. The number of H-pyrrole nitrogens is 1. The molecule has 1 aliphatic rings. The molecule has 0 aliphatic heterocycles. The lowest BCUT2D eigenvalue weighted by Crippen LogP contribution is -2.67. The van der Waals surface area contributed by atoms with Gasteiger partial charge in [0.25, 0.3) is 13.9 Å². The number of aromatic amines is 1. The number of thioether (sulfide) groups is 1. The highest BCUT2D eigenvalue weighted by molar-refractivity contribution is 7.98. The fraction of sp³-hybridized carbons (Fsp3) is 0.405. The van der Waals surface area contributed by atoms with E-state index in [-0.39, 0.29) is 28.6 Å². The van der Waals surface area contributed by atoms with Gasteiger partial charge in [-0.05, 0) is 28.3 Å². The van der Waals surface area contributed by atoms with E-state index in [1.165, 1.54) is 22.5 Å². The quantitative estimate of drug-likeness (QED) is 0.0701. The topological polar surface area (TPSA) is 130 Å². The normalized spacial score (nSPS) is 16.9. The van der Waals surface area contributed by atoms with Crippen molar-refractivity contribution < 1.29 is 41.3 Å². The Morgan fingerprint density at radius 3 is 2.07 bits per heavy atom. The molecule has 0 radical (unpaired) electrons. The number of hydrogen-bond acceptors (Lipinski definition) is 9. The summed E-state index contributed by atoms with van der Waals surface area (Å²) in [5.74, 6) is 5.13. The van der Waals surface area contributed by atoms with Crippen LogP contribution in [0.1, 0.15) is 50.8 Å². The Morgan fingerprint density at radius 2 is 1.53 bits per heavy atom.